The van der Waals surface area contributed by atoms with Crippen molar-refractivity contribution >= 4 is 27.6 Å². The van der Waals surface area contributed by atoms with E-state index in [9.17, 15) is 4.79 Å². The van der Waals surface area contributed by atoms with Crippen molar-refractivity contribution in [2.24, 2.45) is 5.41 Å². The van der Waals surface area contributed by atoms with Crippen LogP contribution in [0.25, 0.3) is 0 Å². The molecule has 0 radical (unpaired) electrons. The van der Waals surface area contributed by atoms with Crippen molar-refractivity contribution in [1.29, 1.82) is 0 Å². The van der Waals surface area contributed by atoms with Crippen LogP contribution >= 0.6 is 15.9 Å². The van der Waals surface area contributed by atoms with Crippen LogP contribution in [0.3, 0.4) is 0 Å². The second-order valence-corrected chi connectivity index (χ2v) is 5.16. The van der Waals surface area contributed by atoms with Gasteiger partial charge in [0.25, 0.3) is 0 Å². The molecule has 1 N–H and O–H groups in total. The van der Waals surface area contributed by atoms with Gasteiger partial charge in [-0.05, 0) is 32.0 Å². The van der Waals surface area contributed by atoms with Crippen LogP contribution in [0.2, 0.25) is 0 Å². The highest BCUT2D eigenvalue weighted by molar-refractivity contribution is 9.10. The van der Waals surface area contributed by atoms with E-state index in [1.54, 1.807) is 0 Å². The van der Waals surface area contributed by atoms with E-state index in [1.165, 1.54) is 7.11 Å². The van der Waals surface area contributed by atoms with Gasteiger partial charge in [-0.15, -0.1) is 0 Å². The molecule has 16 heavy (non-hydrogen) atoms. The Kier molecular flexibility index (Phi) is 4.35. The number of carbonyl (C=O) groups is 1. The third kappa shape index (κ3) is 3.52. The van der Waals surface area contributed by atoms with Crippen LogP contribution in [-0.2, 0) is 9.53 Å². The van der Waals surface area contributed by atoms with Gasteiger partial charge < -0.3 is 10.1 Å². The molecule has 0 aliphatic rings. The van der Waals surface area contributed by atoms with E-state index >= 15 is 0 Å². The molecule has 4 heteroatoms. The predicted molar refractivity (Wildman–Crippen MR) is 68.4 cm³/mol. The summed E-state index contributed by atoms with van der Waals surface area (Å²) in [5.41, 5.74) is 0.447. The second-order valence-electron chi connectivity index (χ2n) is 4.24. The van der Waals surface area contributed by atoms with E-state index in [0.717, 1.165) is 10.2 Å². The van der Waals surface area contributed by atoms with Crippen molar-refractivity contribution < 1.29 is 9.53 Å². The SMILES string of the molecule is COC(=O)C(C)(C)CNc1cccc(Br)c1. The monoisotopic (exact) mass is 285 g/mol. The number of hydrogen-bond donors (Lipinski definition) is 1. The van der Waals surface area contributed by atoms with Crippen LogP contribution in [0.5, 0.6) is 0 Å². The first-order chi connectivity index (χ1) is 7.45. The van der Waals surface area contributed by atoms with Crippen LogP contribution in [0.4, 0.5) is 5.69 Å². The Morgan fingerprint density at radius 3 is 2.75 bits per heavy atom. The molecule has 0 fully saturated rings. The highest BCUT2D eigenvalue weighted by Crippen LogP contribution is 2.20. The van der Waals surface area contributed by atoms with E-state index in [4.69, 9.17) is 4.74 Å². The molecule has 0 bridgehead atoms. The molecule has 0 atom stereocenters. The molecule has 0 aromatic heterocycles. The molecule has 1 rings (SSSR count). The largest absolute Gasteiger partial charge is 0.469 e. The van der Waals surface area contributed by atoms with Crippen LogP contribution in [0, 0.1) is 5.41 Å². The fraction of sp³-hybridized carbons (Fsp3) is 0.417. The van der Waals surface area contributed by atoms with Crippen molar-refractivity contribution in [3.8, 4) is 0 Å². The summed E-state index contributed by atoms with van der Waals surface area (Å²) in [6.45, 7) is 4.24. The zero-order chi connectivity index (χ0) is 12.2. The molecule has 1 aromatic rings. The Hall–Kier alpha value is -1.03. The van der Waals surface area contributed by atoms with E-state index in [2.05, 4.69) is 21.2 Å². The minimum absolute atomic E-state index is 0.213. The van der Waals surface area contributed by atoms with Crippen molar-refractivity contribution in [2.75, 3.05) is 19.0 Å². The minimum Gasteiger partial charge on any atom is -0.469 e. The summed E-state index contributed by atoms with van der Waals surface area (Å²) in [4.78, 5) is 11.5. The number of ether oxygens (including phenoxy) is 1. The lowest BCUT2D eigenvalue weighted by molar-refractivity contribution is -0.149. The molecular weight excluding hydrogens is 270 g/mol. The van der Waals surface area contributed by atoms with E-state index < -0.39 is 5.41 Å². The Bertz CT molecular complexity index is 377. The third-order valence-corrected chi connectivity index (χ3v) is 2.79. The molecule has 0 aliphatic heterocycles. The molecule has 0 amide bonds. The number of anilines is 1. The van der Waals surface area contributed by atoms with E-state index in [-0.39, 0.29) is 5.97 Å². The number of nitrogens with one attached hydrogen (secondary N) is 1. The lowest BCUT2D eigenvalue weighted by atomic mass is 9.93. The maximum atomic E-state index is 11.5. The molecule has 0 heterocycles. The third-order valence-electron chi connectivity index (χ3n) is 2.30. The molecule has 88 valence electrons. The fourth-order valence-electron chi connectivity index (χ4n) is 1.27. The maximum absolute atomic E-state index is 11.5. The lowest BCUT2D eigenvalue weighted by Crippen LogP contribution is -2.33. The van der Waals surface area contributed by atoms with Gasteiger partial charge in [0.05, 0.1) is 12.5 Å². The Morgan fingerprint density at radius 1 is 1.50 bits per heavy atom. The number of methoxy groups -OCH3 is 1. The molecule has 1 aromatic carbocycles. The van der Waals surface area contributed by atoms with Gasteiger partial charge in [-0.25, -0.2) is 0 Å². The first-order valence-electron chi connectivity index (χ1n) is 5.03. The number of carbonyl (C=O) groups excluding carboxylic acids is 1. The Balaban J connectivity index is 2.61. The number of benzene rings is 1. The maximum Gasteiger partial charge on any atom is 0.313 e. The van der Waals surface area contributed by atoms with E-state index in [1.807, 2.05) is 38.1 Å². The summed E-state index contributed by atoms with van der Waals surface area (Å²) in [5, 5.41) is 3.21. The van der Waals surface area contributed by atoms with Crippen molar-refractivity contribution in [2.45, 2.75) is 13.8 Å². The summed E-state index contributed by atoms with van der Waals surface area (Å²) < 4.78 is 5.75. The number of rotatable bonds is 4. The van der Waals surface area contributed by atoms with Gasteiger partial charge in [0.1, 0.15) is 0 Å². The van der Waals surface area contributed by atoms with Gasteiger partial charge >= 0.3 is 5.97 Å². The smallest absolute Gasteiger partial charge is 0.313 e. The summed E-state index contributed by atoms with van der Waals surface area (Å²) >= 11 is 3.39. The van der Waals surface area contributed by atoms with Crippen molar-refractivity contribution in [1.82, 2.24) is 0 Å². The lowest BCUT2D eigenvalue weighted by Gasteiger charge is -2.22. The van der Waals surface area contributed by atoms with Crippen LogP contribution in [0.15, 0.2) is 28.7 Å². The Labute approximate surface area is 104 Å². The second kappa shape index (κ2) is 5.34. The van der Waals surface area contributed by atoms with Gasteiger partial charge in [0, 0.05) is 16.7 Å². The summed E-state index contributed by atoms with van der Waals surface area (Å²) in [5.74, 6) is -0.213. The van der Waals surface area contributed by atoms with Crippen molar-refractivity contribution in [3.63, 3.8) is 0 Å². The molecule has 0 spiro atoms. The molecule has 0 unspecified atom stereocenters. The molecule has 3 nitrogen and oxygen atoms in total. The molecule has 0 saturated carbocycles. The topological polar surface area (TPSA) is 38.3 Å². The zero-order valence-electron chi connectivity index (χ0n) is 9.71. The summed E-state index contributed by atoms with van der Waals surface area (Å²) in [6, 6.07) is 7.82. The highest BCUT2D eigenvalue weighted by atomic mass is 79.9. The van der Waals surface area contributed by atoms with Crippen LogP contribution in [0.1, 0.15) is 13.8 Å². The zero-order valence-corrected chi connectivity index (χ0v) is 11.3. The highest BCUT2D eigenvalue weighted by Gasteiger charge is 2.28. The fourth-order valence-corrected chi connectivity index (χ4v) is 1.67. The summed E-state index contributed by atoms with van der Waals surface area (Å²) in [7, 11) is 1.41. The van der Waals surface area contributed by atoms with Gasteiger partial charge in [-0.1, -0.05) is 22.0 Å². The minimum atomic E-state index is -0.531. The average Bonchev–Trinajstić information content (AvgIpc) is 2.25. The molecule has 0 aliphatic carbocycles. The molecule has 0 saturated heterocycles. The van der Waals surface area contributed by atoms with Gasteiger partial charge in [0.2, 0.25) is 0 Å². The first-order valence-corrected chi connectivity index (χ1v) is 5.83. The standard InChI is InChI=1S/C12H16BrNO2/c1-12(2,11(15)16-3)8-14-10-6-4-5-9(13)7-10/h4-7,14H,8H2,1-3H3. The quantitative estimate of drug-likeness (QED) is 0.864. The normalized spacial score (nSPS) is 11.0. The van der Waals surface area contributed by atoms with Gasteiger partial charge in [-0.2, -0.15) is 0 Å². The first kappa shape index (κ1) is 13.0. The number of halogens is 1. The predicted octanol–water partition coefficient (Wildman–Crippen LogP) is 3.06. The number of hydrogen-bond acceptors (Lipinski definition) is 3. The number of esters is 1. The Morgan fingerprint density at radius 2 is 2.19 bits per heavy atom. The van der Waals surface area contributed by atoms with Gasteiger partial charge in [-0.3, -0.25) is 4.79 Å². The van der Waals surface area contributed by atoms with Crippen molar-refractivity contribution in [3.05, 3.63) is 28.7 Å². The summed E-state index contributed by atoms with van der Waals surface area (Å²) in [6.07, 6.45) is 0. The van der Waals surface area contributed by atoms with Gasteiger partial charge in [0.15, 0.2) is 0 Å². The van der Waals surface area contributed by atoms with Crippen LogP contribution in [-0.4, -0.2) is 19.6 Å². The van der Waals surface area contributed by atoms with E-state index in [0.29, 0.717) is 6.54 Å². The average molecular weight is 286 g/mol. The molecular formula is C12H16BrNO2. The van der Waals surface area contributed by atoms with Crippen LogP contribution < -0.4 is 5.32 Å².